The highest BCUT2D eigenvalue weighted by Gasteiger charge is 2.18. The third-order valence-electron chi connectivity index (χ3n) is 4.94. The fourth-order valence-electron chi connectivity index (χ4n) is 3.28. The first-order valence-electron chi connectivity index (χ1n) is 9.61. The molecule has 8 nitrogen and oxygen atoms in total. The fourth-order valence-corrected chi connectivity index (χ4v) is 3.28. The number of piperidine rings is 1. The number of aryl methyl sites for hydroxylation is 1. The summed E-state index contributed by atoms with van der Waals surface area (Å²) in [7, 11) is 0. The van der Waals surface area contributed by atoms with Crippen LogP contribution >= 0.6 is 12.4 Å². The molecule has 1 saturated heterocycles. The number of amides is 1. The van der Waals surface area contributed by atoms with Crippen LogP contribution in [0.25, 0.3) is 11.5 Å². The molecular formula is C20H25ClN6O2. The summed E-state index contributed by atoms with van der Waals surface area (Å²) in [5.41, 5.74) is 3.28. The number of nitrogens with zero attached hydrogens (tertiary/aromatic N) is 4. The molecule has 0 saturated carbocycles. The second kappa shape index (κ2) is 9.67. The molecule has 2 aromatic heterocycles. The predicted octanol–water partition coefficient (Wildman–Crippen LogP) is 2.56. The Morgan fingerprint density at radius 3 is 2.79 bits per heavy atom. The van der Waals surface area contributed by atoms with E-state index in [0.717, 1.165) is 37.2 Å². The lowest BCUT2D eigenvalue weighted by molar-refractivity contribution is 0.0949. The first-order chi connectivity index (χ1) is 13.7. The van der Waals surface area contributed by atoms with Gasteiger partial charge in [0.2, 0.25) is 5.89 Å². The van der Waals surface area contributed by atoms with Crippen molar-refractivity contribution in [2.24, 2.45) is 0 Å². The standard InChI is InChI=1S/C20H24N6O2.ClH/c1-14-2-4-15(5-3-14)20-23-16(13-28-20)6-11-22-19(27)18-12-26(25-24-18)17-7-9-21-10-8-17;/h2-5,12-13,17,21H,6-11H2,1H3,(H,22,27);1H. The van der Waals surface area contributed by atoms with Gasteiger partial charge in [-0.3, -0.25) is 4.79 Å². The van der Waals surface area contributed by atoms with E-state index in [2.05, 4.69) is 25.9 Å². The summed E-state index contributed by atoms with van der Waals surface area (Å²) in [5.74, 6) is 0.369. The van der Waals surface area contributed by atoms with Gasteiger partial charge in [-0.05, 0) is 45.0 Å². The van der Waals surface area contributed by atoms with Crippen molar-refractivity contribution in [1.82, 2.24) is 30.6 Å². The second-order valence-corrected chi connectivity index (χ2v) is 7.08. The molecule has 1 aliphatic heterocycles. The number of carbonyl (C=O) groups is 1. The van der Waals surface area contributed by atoms with E-state index in [9.17, 15) is 4.79 Å². The number of hydrogen-bond acceptors (Lipinski definition) is 6. The molecule has 2 N–H and O–H groups in total. The van der Waals surface area contributed by atoms with Crippen LogP contribution in [0.15, 0.2) is 41.1 Å². The molecule has 4 rings (SSSR count). The Balaban J connectivity index is 0.00000240. The molecule has 3 aromatic rings. The van der Waals surface area contributed by atoms with Gasteiger partial charge in [0.05, 0.1) is 17.9 Å². The minimum absolute atomic E-state index is 0. The van der Waals surface area contributed by atoms with E-state index in [-0.39, 0.29) is 18.3 Å². The Kier molecular flexibility index (Phi) is 7.00. The Bertz CT molecular complexity index is 931. The molecule has 1 amide bonds. The zero-order valence-corrected chi connectivity index (χ0v) is 17.1. The maximum absolute atomic E-state index is 12.3. The number of benzene rings is 1. The molecule has 9 heteroatoms. The zero-order valence-electron chi connectivity index (χ0n) is 16.3. The highest BCUT2D eigenvalue weighted by atomic mass is 35.5. The number of aromatic nitrogens is 4. The summed E-state index contributed by atoms with van der Waals surface area (Å²) in [6.45, 7) is 4.43. The number of hydrogen-bond donors (Lipinski definition) is 2. The van der Waals surface area contributed by atoms with Gasteiger partial charge < -0.3 is 15.1 Å². The third kappa shape index (κ3) is 5.21. The Hall–Kier alpha value is -2.71. The van der Waals surface area contributed by atoms with Crippen molar-refractivity contribution >= 4 is 18.3 Å². The quantitative estimate of drug-likeness (QED) is 0.640. The van der Waals surface area contributed by atoms with Crippen LogP contribution in [0.4, 0.5) is 0 Å². The van der Waals surface area contributed by atoms with Crippen LogP contribution in [0.3, 0.4) is 0 Å². The number of rotatable bonds is 6. The summed E-state index contributed by atoms with van der Waals surface area (Å²) in [4.78, 5) is 16.8. The van der Waals surface area contributed by atoms with Gasteiger partial charge in [0, 0.05) is 18.5 Å². The van der Waals surface area contributed by atoms with E-state index < -0.39 is 0 Å². The van der Waals surface area contributed by atoms with Crippen molar-refractivity contribution in [3.63, 3.8) is 0 Å². The van der Waals surface area contributed by atoms with Gasteiger partial charge in [-0.15, -0.1) is 17.5 Å². The van der Waals surface area contributed by atoms with Crippen LogP contribution in [-0.2, 0) is 6.42 Å². The highest BCUT2D eigenvalue weighted by Crippen LogP contribution is 2.19. The van der Waals surface area contributed by atoms with Crippen molar-refractivity contribution < 1.29 is 9.21 Å². The minimum Gasteiger partial charge on any atom is -0.444 e. The number of oxazole rings is 1. The lowest BCUT2D eigenvalue weighted by Gasteiger charge is -2.22. The number of carbonyl (C=O) groups excluding carboxylic acids is 1. The molecule has 3 heterocycles. The van der Waals surface area contributed by atoms with Crippen LogP contribution in [0.1, 0.15) is 40.6 Å². The Morgan fingerprint density at radius 1 is 1.28 bits per heavy atom. The SMILES string of the molecule is Cc1ccc(-c2nc(CCNC(=O)c3cn(C4CCNCC4)nn3)co2)cc1.Cl. The molecule has 0 bridgehead atoms. The largest absolute Gasteiger partial charge is 0.444 e. The van der Waals surface area contributed by atoms with E-state index in [0.29, 0.717) is 30.6 Å². The Morgan fingerprint density at radius 2 is 2.03 bits per heavy atom. The predicted molar refractivity (Wildman–Crippen MR) is 111 cm³/mol. The molecule has 0 unspecified atom stereocenters. The summed E-state index contributed by atoms with van der Waals surface area (Å²) >= 11 is 0. The number of halogens is 1. The molecule has 29 heavy (non-hydrogen) atoms. The van der Waals surface area contributed by atoms with Gasteiger partial charge in [-0.1, -0.05) is 22.9 Å². The molecule has 0 atom stereocenters. The lowest BCUT2D eigenvalue weighted by atomic mass is 10.1. The molecule has 1 aliphatic rings. The monoisotopic (exact) mass is 416 g/mol. The molecular weight excluding hydrogens is 392 g/mol. The van der Waals surface area contributed by atoms with Gasteiger partial charge in [0.25, 0.3) is 5.91 Å². The van der Waals surface area contributed by atoms with Gasteiger partial charge in [-0.25, -0.2) is 9.67 Å². The zero-order chi connectivity index (χ0) is 19.3. The van der Waals surface area contributed by atoms with Gasteiger partial charge in [0.1, 0.15) is 6.26 Å². The third-order valence-corrected chi connectivity index (χ3v) is 4.94. The minimum atomic E-state index is -0.220. The maximum Gasteiger partial charge on any atom is 0.273 e. The van der Waals surface area contributed by atoms with Crippen molar-refractivity contribution in [1.29, 1.82) is 0 Å². The van der Waals surface area contributed by atoms with Crippen molar-refractivity contribution in [2.45, 2.75) is 32.2 Å². The average Bonchev–Trinajstić information content (AvgIpc) is 3.39. The van der Waals surface area contributed by atoms with E-state index in [1.54, 1.807) is 17.1 Å². The van der Waals surface area contributed by atoms with E-state index in [1.165, 1.54) is 5.56 Å². The molecule has 154 valence electrons. The maximum atomic E-state index is 12.3. The second-order valence-electron chi connectivity index (χ2n) is 7.08. The van der Waals surface area contributed by atoms with Gasteiger partial charge in [0.15, 0.2) is 5.69 Å². The first-order valence-corrected chi connectivity index (χ1v) is 9.61. The van der Waals surface area contributed by atoms with Crippen LogP contribution in [0.2, 0.25) is 0 Å². The lowest BCUT2D eigenvalue weighted by Crippen LogP contribution is -2.29. The molecule has 0 spiro atoms. The highest BCUT2D eigenvalue weighted by molar-refractivity contribution is 5.91. The smallest absolute Gasteiger partial charge is 0.273 e. The molecule has 0 aliphatic carbocycles. The van der Waals surface area contributed by atoms with Crippen LogP contribution in [0, 0.1) is 6.92 Å². The van der Waals surface area contributed by atoms with Crippen molar-refractivity contribution in [2.75, 3.05) is 19.6 Å². The summed E-state index contributed by atoms with van der Waals surface area (Å²) < 4.78 is 7.36. The summed E-state index contributed by atoms with van der Waals surface area (Å²) in [6, 6.07) is 8.33. The summed E-state index contributed by atoms with van der Waals surface area (Å²) in [6.07, 6.45) is 5.95. The van der Waals surface area contributed by atoms with Gasteiger partial charge in [-0.2, -0.15) is 0 Å². The molecule has 0 radical (unpaired) electrons. The van der Waals surface area contributed by atoms with E-state index in [4.69, 9.17) is 4.42 Å². The fraction of sp³-hybridized carbons (Fsp3) is 0.400. The molecule has 1 fully saturated rings. The van der Waals surface area contributed by atoms with Crippen LogP contribution < -0.4 is 10.6 Å². The summed E-state index contributed by atoms with van der Waals surface area (Å²) in [5, 5.41) is 14.3. The Labute approximate surface area is 175 Å². The van der Waals surface area contributed by atoms with Crippen LogP contribution in [-0.4, -0.2) is 45.5 Å². The average molecular weight is 417 g/mol. The topological polar surface area (TPSA) is 97.9 Å². The van der Waals surface area contributed by atoms with Crippen molar-refractivity contribution in [3.05, 3.63) is 53.7 Å². The normalized spacial score (nSPS) is 14.4. The van der Waals surface area contributed by atoms with E-state index in [1.807, 2.05) is 31.2 Å². The van der Waals surface area contributed by atoms with Crippen LogP contribution in [0.5, 0.6) is 0 Å². The molecule has 1 aromatic carbocycles. The van der Waals surface area contributed by atoms with Crippen molar-refractivity contribution in [3.8, 4) is 11.5 Å². The van der Waals surface area contributed by atoms with Gasteiger partial charge >= 0.3 is 0 Å². The first kappa shape index (κ1) is 21.0. The van der Waals surface area contributed by atoms with E-state index >= 15 is 0 Å². The number of nitrogens with one attached hydrogen (secondary N) is 2.